The fourth-order valence-electron chi connectivity index (χ4n) is 2.60. The molecule has 0 spiro atoms. The third kappa shape index (κ3) is 6.66. The molecule has 0 bridgehead atoms. The number of amides is 1. The number of benzene rings is 3. The van der Waals surface area contributed by atoms with E-state index in [1.54, 1.807) is 48.2 Å². The summed E-state index contributed by atoms with van der Waals surface area (Å²) in [5, 5.41) is 2.86. The Bertz CT molecular complexity index is 999. The maximum atomic E-state index is 12.5. The normalized spacial score (nSPS) is 10.8. The molecule has 0 aliphatic carbocycles. The van der Waals surface area contributed by atoms with Crippen LogP contribution in [0.5, 0.6) is 0 Å². The number of hydrogen-bond acceptors (Lipinski definition) is 4. The van der Waals surface area contributed by atoms with E-state index >= 15 is 0 Å². The molecular weight excluding hydrogens is 398 g/mol. The zero-order chi connectivity index (χ0) is 20.5. The molecule has 0 aliphatic heterocycles. The van der Waals surface area contributed by atoms with Crippen LogP contribution in [0.4, 0.5) is 5.69 Å². The van der Waals surface area contributed by atoms with Gasteiger partial charge in [0.2, 0.25) is 5.91 Å². The highest BCUT2D eigenvalue weighted by Gasteiger charge is 2.07. The zero-order valence-electron chi connectivity index (χ0n) is 16.0. The molecule has 0 saturated heterocycles. The Morgan fingerprint density at radius 3 is 2.38 bits per heavy atom. The molecule has 1 amide bonds. The molecule has 5 heteroatoms. The lowest BCUT2D eigenvalue weighted by atomic mass is 10.1. The summed E-state index contributed by atoms with van der Waals surface area (Å²) in [7, 11) is 0. The highest BCUT2D eigenvalue weighted by atomic mass is 32.2. The Balaban J connectivity index is 1.58. The van der Waals surface area contributed by atoms with Gasteiger partial charge in [-0.25, -0.2) is 0 Å². The Hall–Kier alpha value is -2.76. The van der Waals surface area contributed by atoms with Crippen molar-refractivity contribution in [3.8, 4) is 0 Å². The molecule has 0 radical (unpaired) electrons. The van der Waals surface area contributed by atoms with Crippen molar-refractivity contribution in [1.82, 2.24) is 0 Å². The van der Waals surface area contributed by atoms with Gasteiger partial charge in [0.15, 0.2) is 5.78 Å². The Labute approximate surface area is 179 Å². The van der Waals surface area contributed by atoms with E-state index in [0.29, 0.717) is 17.0 Å². The van der Waals surface area contributed by atoms with Crippen LogP contribution in [0.1, 0.15) is 15.9 Å². The maximum Gasteiger partial charge on any atom is 0.234 e. The quantitative estimate of drug-likeness (QED) is 0.275. The van der Waals surface area contributed by atoms with Gasteiger partial charge < -0.3 is 5.32 Å². The van der Waals surface area contributed by atoms with E-state index in [0.717, 1.165) is 10.5 Å². The van der Waals surface area contributed by atoms with Crippen LogP contribution < -0.4 is 5.32 Å². The highest BCUT2D eigenvalue weighted by molar-refractivity contribution is 8.00. The van der Waals surface area contributed by atoms with Crippen LogP contribution >= 0.6 is 23.5 Å². The number of carbonyl (C=O) groups is 2. The van der Waals surface area contributed by atoms with E-state index in [4.69, 9.17) is 0 Å². The van der Waals surface area contributed by atoms with Crippen molar-refractivity contribution >= 4 is 47.0 Å². The molecule has 146 valence electrons. The van der Waals surface area contributed by atoms with Crippen LogP contribution in [-0.2, 0) is 4.79 Å². The molecular formula is C24H21NO2S2. The van der Waals surface area contributed by atoms with Gasteiger partial charge in [-0.3, -0.25) is 9.59 Å². The Morgan fingerprint density at radius 1 is 0.897 bits per heavy atom. The predicted octanol–water partition coefficient (Wildman–Crippen LogP) is 6.04. The molecule has 0 atom stereocenters. The first kappa shape index (κ1) is 21.0. The standard InChI is InChI=1S/C24H21NO2S2/c1-28-21-13-10-18(11-14-21)12-15-23(26)19-6-5-7-20(16-19)25-24(27)17-29-22-8-3-2-4-9-22/h2-16H,17H2,1H3,(H,25,27)/b15-12+. The molecule has 0 saturated carbocycles. The van der Waals surface area contributed by atoms with Gasteiger partial charge in [-0.15, -0.1) is 23.5 Å². The summed E-state index contributed by atoms with van der Waals surface area (Å²) >= 11 is 3.16. The molecule has 0 heterocycles. The topological polar surface area (TPSA) is 46.2 Å². The summed E-state index contributed by atoms with van der Waals surface area (Å²) in [5.41, 5.74) is 2.13. The molecule has 0 fully saturated rings. The second kappa shape index (κ2) is 10.7. The summed E-state index contributed by atoms with van der Waals surface area (Å²) < 4.78 is 0. The molecule has 3 aromatic rings. The molecule has 0 unspecified atom stereocenters. The van der Waals surface area contributed by atoms with Crippen molar-refractivity contribution in [3.05, 3.63) is 96.1 Å². The Kier molecular flexibility index (Phi) is 7.73. The Morgan fingerprint density at radius 2 is 1.66 bits per heavy atom. The number of thioether (sulfide) groups is 2. The van der Waals surface area contributed by atoms with Crippen LogP contribution in [0.25, 0.3) is 6.08 Å². The lowest BCUT2D eigenvalue weighted by Crippen LogP contribution is -2.14. The highest BCUT2D eigenvalue weighted by Crippen LogP contribution is 2.19. The van der Waals surface area contributed by atoms with Gasteiger partial charge in [-0.2, -0.15) is 0 Å². The first-order valence-electron chi connectivity index (χ1n) is 9.08. The van der Waals surface area contributed by atoms with E-state index in [1.807, 2.05) is 60.9 Å². The van der Waals surface area contributed by atoms with Crippen molar-refractivity contribution in [2.45, 2.75) is 9.79 Å². The average Bonchev–Trinajstić information content (AvgIpc) is 2.77. The van der Waals surface area contributed by atoms with Crippen LogP contribution in [0, 0.1) is 0 Å². The first-order chi connectivity index (χ1) is 14.1. The van der Waals surface area contributed by atoms with Gasteiger partial charge in [0, 0.05) is 21.0 Å². The maximum absolute atomic E-state index is 12.5. The van der Waals surface area contributed by atoms with Gasteiger partial charge in [0.1, 0.15) is 0 Å². The smallest absolute Gasteiger partial charge is 0.234 e. The van der Waals surface area contributed by atoms with Gasteiger partial charge in [0.05, 0.1) is 5.75 Å². The second-order valence-corrected chi connectivity index (χ2v) is 8.13. The van der Waals surface area contributed by atoms with Crippen LogP contribution in [0.3, 0.4) is 0 Å². The number of hydrogen-bond donors (Lipinski definition) is 1. The number of allylic oxidation sites excluding steroid dienone is 1. The van der Waals surface area contributed by atoms with E-state index in [-0.39, 0.29) is 11.7 Å². The van der Waals surface area contributed by atoms with Crippen molar-refractivity contribution in [1.29, 1.82) is 0 Å². The number of carbonyl (C=O) groups excluding carboxylic acids is 2. The lowest BCUT2D eigenvalue weighted by molar-refractivity contribution is -0.113. The van der Waals surface area contributed by atoms with E-state index in [9.17, 15) is 9.59 Å². The van der Waals surface area contributed by atoms with Gasteiger partial charge >= 0.3 is 0 Å². The third-order valence-electron chi connectivity index (χ3n) is 4.09. The minimum absolute atomic E-state index is 0.103. The van der Waals surface area contributed by atoms with Crippen molar-refractivity contribution in [3.63, 3.8) is 0 Å². The van der Waals surface area contributed by atoms with Crippen LogP contribution in [0.2, 0.25) is 0 Å². The number of nitrogens with one attached hydrogen (secondary N) is 1. The van der Waals surface area contributed by atoms with Crippen molar-refractivity contribution < 1.29 is 9.59 Å². The predicted molar refractivity (Wildman–Crippen MR) is 124 cm³/mol. The largest absolute Gasteiger partial charge is 0.325 e. The summed E-state index contributed by atoms with van der Waals surface area (Å²) in [6, 6.07) is 24.8. The van der Waals surface area contributed by atoms with E-state index < -0.39 is 0 Å². The monoisotopic (exact) mass is 419 g/mol. The molecule has 1 N–H and O–H groups in total. The molecule has 0 aromatic heterocycles. The lowest BCUT2D eigenvalue weighted by Gasteiger charge is -2.06. The molecule has 3 aromatic carbocycles. The van der Waals surface area contributed by atoms with Crippen molar-refractivity contribution in [2.75, 3.05) is 17.3 Å². The minimum atomic E-state index is -0.104. The van der Waals surface area contributed by atoms with Crippen LogP contribution in [-0.4, -0.2) is 23.7 Å². The zero-order valence-corrected chi connectivity index (χ0v) is 17.6. The SMILES string of the molecule is CSc1ccc(/C=C/C(=O)c2cccc(NC(=O)CSc3ccccc3)c2)cc1. The van der Waals surface area contributed by atoms with Crippen molar-refractivity contribution in [2.24, 2.45) is 0 Å². The molecule has 29 heavy (non-hydrogen) atoms. The molecule has 0 aliphatic rings. The summed E-state index contributed by atoms with van der Waals surface area (Å²) in [6.07, 6.45) is 5.38. The van der Waals surface area contributed by atoms with Gasteiger partial charge in [0.25, 0.3) is 0 Å². The van der Waals surface area contributed by atoms with Crippen LogP contribution in [0.15, 0.2) is 94.7 Å². The second-order valence-electron chi connectivity index (χ2n) is 6.20. The van der Waals surface area contributed by atoms with E-state index in [1.165, 1.54) is 16.7 Å². The summed E-state index contributed by atoms with van der Waals surface area (Å²) in [4.78, 5) is 26.9. The number of ketones is 1. The minimum Gasteiger partial charge on any atom is -0.325 e. The van der Waals surface area contributed by atoms with E-state index in [2.05, 4.69) is 5.32 Å². The van der Waals surface area contributed by atoms with Gasteiger partial charge in [-0.1, -0.05) is 48.5 Å². The number of anilines is 1. The van der Waals surface area contributed by atoms with Gasteiger partial charge in [-0.05, 0) is 54.3 Å². The number of rotatable bonds is 8. The third-order valence-corrected chi connectivity index (χ3v) is 5.84. The fraction of sp³-hybridized carbons (Fsp3) is 0.0833. The molecule has 3 rings (SSSR count). The summed E-state index contributed by atoms with van der Waals surface area (Å²) in [6.45, 7) is 0. The summed E-state index contributed by atoms with van der Waals surface area (Å²) in [5.74, 6) is 0.107. The fourth-order valence-corrected chi connectivity index (χ4v) is 3.72. The first-order valence-corrected chi connectivity index (χ1v) is 11.3. The average molecular weight is 420 g/mol. The molecule has 3 nitrogen and oxygen atoms in total.